The third-order valence-corrected chi connectivity index (χ3v) is 5.55. The van der Waals surface area contributed by atoms with Crippen LogP contribution in [-0.2, 0) is 0 Å². The Hall–Kier alpha value is 1.38. The van der Waals surface area contributed by atoms with Gasteiger partial charge in [-0.05, 0) is 33.0 Å². The van der Waals surface area contributed by atoms with Gasteiger partial charge in [-0.1, -0.05) is 58.0 Å². The van der Waals surface area contributed by atoms with Gasteiger partial charge in [0.05, 0.1) is 0 Å². The van der Waals surface area contributed by atoms with Crippen LogP contribution in [0.3, 0.4) is 0 Å². The van der Waals surface area contributed by atoms with Gasteiger partial charge >= 0.3 is 0 Å². The summed E-state index contributed by atoms with van der Waals surface area (Å²) in [7, 11) is 0. The lowest BCUT2D eigenvalue weighted by molar-refractivity contribution is 0.582. The molecule has 10 heteroatoms. The molecule has 0 aromatic carbocycles. The minimum Gasteiger partial charge on any atom is -0.120 e. The molecule has 0 spiro atoms. The average Bonchev–Trinajstić information content (AvgIpc) is 2.35. The van der Waals surface area contributed by atoms with E-state index in [9.17, 15) is 0 Å². The van der Waals surface area contributed by atoms with Crippen molar-refractivity contribution in [2.24, 2.45) is 20.7 Å². The summed E-state index contributed by atoms with van der Waals surface area (Å²) in [6.45, 7) is 0. The number of rotatable bonds is 1. The summed E-state index contributed by atoms with van der Waals surface area (Å²) < 4.78 is -5.19. The van der Waals surface area contributed by atoms with E-state index in [2.05, 4.69) is 20.7 Å². The highest BCUT2D eigenvalue weighted by Crippen LogP contribution is 2.57. The standard InChI is InChI=1S/C3Cl5IN4/c4-1(5,2(6,7)8)3(9)10-12-13-11-3. The fraction of sp³-hybridized carbons (Fsp3) is 1.00. The summed E-state index contributed by atoms with van der Waals surface area (Å²) in [5, 5.41) is 13.6. The molecule has 0 aromatic rings. The summed E-state index contributed by atoms with van der Waals surface area (Å²) >= 11 is 30.0. The quantitative estimate of drug-likeness (QED) is 0.357. The zero-order valence-corrected chi connectivity index (χ0v) is 11.5. The summed E-state index contributed by atoms with van der Waals surface area (Å²) in [6, 6.07) is 0. The lowest BCUT2D eigenvalue weighted by Gasteiger charge is -2.32. The van der Waals surface area contributed by atoms with Gasteiger partial charge in [0.2, 0.25) is 8.13 Å². The zero-order chi connectivity index (χ0) is 10.3. The third kappa shape index (κ3) is 2.15. The van der Waals surface area contributed by atoms with E-state index in [0.717, 1.165) is 0 Å². The minimum atomic E-state index is -1.94. The second-order valence-electron chi connectivity index (χ2n) is 2.04. The van der Waals surface area contributed by atoms with Crippen LogP contribution in [0.2, 0.25) is 0 Å². The van der Waals surface area contributed by atoms with Crippen LogP contribution in [0.5, 0.6) is 0 Å². The van der Waals surface area contributed by atoms with E-state index in [-0.39, 0.29) is 0 Å². The van der Waals surface area contributed by atoms with Crippen molar-refractivity contribution in [3.63, 3.8) is 0 Å². The molecule has 1 aliphatic heterocycles. The van der Waals surface area contributed by atoms with Crippen molar-refractivity contribution in [3.05, 3.63) is 0 Å². The molecule has 0 atom stereocenters. The Labute approximate surface area is 112 Å². The molecule has 0 radical (unpaired) electrons. The molecule has 1 aliphatic rings. The molecule has 0 aliphatic carbocycles. The van der Waals surface area contributed by atoms with Gasteiger partial charge in [-0.2, -0.15) is 0 Å². The predicted octanol–water partition coefficient (Wildman–Crippen LogP) is 4.45. The Morgan fingerprint density at radius 2 is 1.31 bits per heavy atom. The summed E-state index contributed by atoms with van der Waals surface area (Å²) in [5.74, 6) is 0. The van der Waals surface area contributed by atoms with E-state index in [1.54, 1.807) is 22.6 Å². The van der Waals surface area contributed by atoms with Crippen molar-refractivity contribution in [2.75, 3.05) is 0 Å². The van der Waals surface area contributed by atoms with Crippen molar-refractivity contribution in [1.82, 2.24) is 0 Å². The van der Waals surface area contributed by atoms with Crippen molar-refractivity contribution < 1.29 is 0 Å². The molecule has 0 N–H and O–H groups in total. The molecule has 74 valence electrons. The van der Waals surface area contributed by atoms with Gasteiger partial charge in [-0.15, -0.1) is 10.2 Å². The van der Waals surface area contributed by atoms with Crippen LogP contribution in [0, 0.1) is 0 Å². The zero-order valence-electron chi connectivity index (χ0n) is 5.56. The SMILES string of the molecule is ClC(Cl)(Cl)C(Cl)(Cl)C1(I)N=NN=N1. The van der Waals surface area contributed by atoms with E-state index in [0.29, 0.717) is 0 Å². The van der Waals surface area contributed by atoms with E-state index < -0.39 is 11.8 Å². The van der Waals surface area contributed by atoms with Crippen molar-refractivity contribution >= 4 is 80.6 Å². The second-order valence-corrected chi connectivity index (χ2v) is 7.15. The Kier molecular flexibility index (Phi) is 3.59. The second kappa shape index (κ2) is 3.75. The van der Waals surface area contributed by atoms with Gasteiger partial charge in [0.15, 0.2) is 0 Å². The number of alkyl halides is 6. The minimum absolute atomic E-state index is 1.40. The largest absolute Gasteiger partial charge is 0.280 e. The highest BCUT2D eigenvalue weighted by molar-refractivity contribution is 14.1. The van der Waals surface area contributed by atoms with Crippen LogP contribution in [0.1, 0.15) is 0 Å². The molecule has 1 heterocycles. The van der Waals surface area contributed by atoms with Gasteiger partial charge in [0, 0.05) is 0 Å². The molecule has 1 rings (SSSR count). The van der Waals surface area contributed by atoms with Crippen LogP contribution in [0.25, 0.3) is 0 Å². The molecule has 0 amide bonds. The van der Waals surface area contributed by atoms with E-state index >= 15 is 0 Å². The molecule has 0 unspecified atom stereocenters. The molecule has 0 bridgehead atoms. The first-order valence-electron chi connectivity index (χ1n) is 2.68. The van der Waals surface area contributed by atoms with E-state index in [1.165, 1.54) is 0 Å². The van der Waals surface area contributed by atoms with Crippen molar-refractivity contribution in [2.45, 2.75) is 11.8 Å². The van der Waals surface area contributed by atoms with Gasteiger partial charge in [0.1, 0.15) is 0 Å². The topological polar surface area (TPSA) is 49.4 Å². The normalized spacial score (nSPS) is 21.1. The molecular formula is C3Cl5IN4. The lowest BCUT2D eigenvalue weighted by atomic mass is 10.4. The number of halogens is 6. The number of nitrogens with zero attached hydrogens (tertiary/aromatic N) is 4. The van der Waals surface area contributed by atoms with Gasteiger partial charge < -0.3 is 0 Å². The molecule has 0 aromatic heterocycles. The Morgan fingerprint density at radius 3 is 1.62 bits per heavy atom. The first-order valence-corrected chi connectivity index (χ1v) is 5.65. The van der Waals surface area contributed by atoms with E-state index in [1.807, 2.05) is 0 Å². The fourth-order valence-electron chi connectivity index (χ4n) is 0.484. The highest BCUT2D eigenvalue weighted by Gasteiger charge is 2.63. The summed E-state index contributed by atoms with van der Waals surface area (Å²) in [4.78, 5) is 0. The molecular weight excluding hydrogens is 396 g/mol. The highest BCUT2D eigenvalue weighted by atomic mass is 127. The van der Waals surface area contributed by atoms with Crippen LogP contribution in [0.15, 0.2) is 20.7 Å². The van der Waals surface area contributed by atoms with E-state index in [4.69, 9.17) is 58.0 Å². The smallest absolute Gasteiger partial charge is 0.120 e. The maximum Gasteiger partial charge on any atom is 0.280 e. The van der Waals surface area contributed by atoms with Crippen molar-refractivity contribution in [1.29, 1.82) is 0 Å². The maximum absolute atomic E-state index is 5.81. The number of hydrogen-bond acceptors (Lipinski definition) is 4. The lowest BCUT2D eigenvalue weighted by Crippen LogP contribution is -2.46. The Morgan fingerprint density at radius 1 is 0.923 bits per heavy atom. The Balaban J connectivity index is 3.06. The van der Waals surface area contributed by atoms with Gasteiger partial charge in [-0.25, -0.2) is 0 Å². The number of hydrogen-bond donors (Lipinski definition) is 0. The fourth-order valence-corrected chi connectivity index (χ4v) is 2.11. The van der Waals surface area contributed by atoms with Crippen LogP contribution >= 0.6 is 80.6 Å². The first kappa shape index (κ1) is 12.4. The third-order valence-electron chi connectivity index (χ3n) is 1.15. The van der Waals surface area contributed by atoms with Gasteiger partial charge in [-0.3, -0.25) is 0 Å². The molecule has 0 saturated heterocycles. The molecule has 0 fully saturated rings. The van der Waals surface area contributed by atoms with Crippen LogP contribution in [-0.4, -0.2) is 11.8 Å². The van der Waals surface area contributed by atoms with Crippen LogP contribution in [0.4, 0.5) is 0 Å². The monoisotopic (exact) mass is 394 g/mol. The first-order chi connectivity index (χ1) is 5.71. The molecule has 13 heavy (non-hydrogen) atoms. The Bertz CT molecular complexity index is 257. The van der Waals surface area contributed by atoms with Crippen LogP contribution < -0.4 is 0 Å². The molecule has 4 nitrogen and oxygen atoms in total. The predicted molar refractivity (Wildman–Crippen MR) is 61.2 cm³/mol. The molecule has 0 saturated carbocycles. The van der Waals surface area contributed by atoms with Crippen molar-refractivity contribution in [3.8, 4) is 0 Å². The maximum atomic E-state index is 5.81. The average molecular weight is 396 g/mol. The summed E-state index contributed by atoms with van der Waals surface area (Å²) in [6.07, 6.45) is 0. The summed E-state index contributed by atoms with van der Waals surface area (Å²) in [5.41, 5.74) is 0. The van der Waals surface area contributed by atoms with Gasteiger partial charge in [0.25, 0.3) is 3.67 Å².